The number of carbonyl (C=O) groups is 4. The molecule has 152 valence electrons. The van der Waals surface area contributed by atoms with Gasteiger partial charge < -0.3 is 19.5 Å². The number of amides is 4. The predicted molar refractivity (Wildman–Crippen MR) is 94.3 cm³/mol. The van der Waals surface area contributed by atoms with E-state index >= 15 is 0 Å². The number of urea groups is 1. The van der Waals surface area contributed by atoms with Crippen molar-refractivity contribution in [3.8, 4) is 5.75 Å². The van der Waals surface area contributed by atoms with E-state index in [0.717, 1.165) is 0 Å². The lowest BCUT2D eigenvalue weighted by atomic mass is 10.1. The Morgan fingerprint density at radius 1 is 1.18 bits per heavy atom. The van der Waals surface area contributed by atoms with E-state index in [9.17, 15) is 32.7 Å². The Hall–Kier alpha value is -3.15. The van der Waals surface area contributed by atoms with Crippen LogP contribution in [-0.4, -0.2) is 73.0 Å². The fourth-order valence-electron chi connectivity index (χ4n) is 2.51. The van der Waals surface area contributed by atoms with Crippen molar-refractivity contribution in [2.24, 2.45) is 0 Å². The van der Waals surface area contributed by atoms with Crippen LogP contribution in [0, 0.1) is 0 Å². The number of piperazine rings is 1. The quantitative estimate of drug-likeness (QED) is 0.477. The number of benzene rings is 1. The fourth-order valence-corrected chi connectivity index (χ4v) is 2.91. The molecule has 1 heterocycles. The van der Waals surface area contributed by atoms with Gasteiger partial charge in [-0.1, -0.05) is 12.1 Å². The summed E-state index contributed by atoms with van der Waals surface area (Å²) in [6.07, 6.45) is 0.659. The van der Waals surface area contributed by atoms with Crippen LogP contribution in [0.25, 0.3) is 0 Å². The molecule has 1 aliphatic rings. The summed E-state index contributed by atoms with van der Waals surface area (Å²) < 4.78 is 26.9. The zero-order valence-electron chi connectivity index (χ0n) is 15.1. The van der Waals surface area contributed by atoms with Crippen LogP contribution in [0.1, 0.15) is 18.5 Å². The van der Waals surface area contributed by atoms with Gasteiger partial charge in [0.15, 0.2) is 6.04 Å². The van der Waals surface area contributed by atoms with Crippen molar-refractivity contribution in [2.75, 3.05) is 25.9 Å². The SMILES string of the molecule is CCN1CCN(C(=O)NC(C(=O)OS(C)(=O)=O)c2ccc(O)cc2)C(=O)C1=O. The van der Waals surface area contributed by atoms with E-state index in [-0.39, 0.29) is 24.4 Å². The van der Waals surface area contributed by atoms with Crippen molar-refractivity contribution in [1.82, 2.24) is 15.1 Å². The lowest BCUT2D eigenvalue weighted by Crippen LogP contribution is -2.58. The van der Waals surface area contributed by atoms with Crippen LogP contribution in [0.5, 0.6) is 5.75 Å². The van der Waals surface area contributed by atoms with Crippen LogP contribution >= 0.6 is 0 Å². The third-order valence-electron chi connectivity index (χ3n) is 3.90. The van der Waals surface area contributed by atoms with Crippen LogP contribution in [0.15, 0.2) is 24.3 Å². The van der Waals surface area contributed by atoms with E-state index in [1.807, 2.05) is 0 Å². The number of hydrogen-bond acceptors (Lipinski definition) is 8. The molecule has 1 aliphatic heterocycles. The molecule has 0 radical (unpaired) electrons. The first-order valence-electron chi connectivity index (χ1n) is 8.17. The molecule has 1 saturated heterocycles. The topological polar surface area (TPSA) is 150 Å². The zero-order valence-corrected chi connectivity index (χ0v) is 15.9. The molecule has 0 spiro atoms. The van der Waals surface area contributed by atoms with Crippen LogP contribution in [-0.2, 0) is 28.7 Å². The Balaban J connectivity index is 2.25. The highest BCUT2D eigenvalue weighted by Crippen LogP contribution is 2.20. The molecule has 11 nitrogen and oxygen atoms in total. The van der Waals surface area contributed by atoms with E-state index in [1.165, 1.54) is 29.2 Å². The largest absolute Gasteiger partial charge is 0.508 e. The van der Waals surface area contributed by atoms with Crippen LogP contribution in [0.4, 0.5) is 4.79 Å². The maximum atomic E-state index is 12.5. The number of phenolic OH excluding ortho intramolecular Hbond substituents is 1. The van der Waals surface area contributed by atoms with Crippen molar-refractivity contribution in [1.29, 1.82) is 0 Å². The molecule has 0 aliphatic carbocycles. The predicted octanol–water partition coefficient (Wildman–Crippen LogP) is -0.664. The molecule has 2 N–H and O–H groups in total. The van der Waals surface area contributed by atoms with E-state index in [4.69, 9.17) is 0 Å². The van der Waals surface area contributed by atoms with E-state index < -0.39 is 40.0 Å². The first-order valence-corrected chi connectivity index (χ1v) is 9.98. The Morgan fingerprint density at radius 3 is 2.32 bits per heavy atom. The zero-order chi connectivity index (χ0) is 21.1. The molecule has 1 aromatic rings. The first-order chi connectivity index (χ1) is 13.0. The molecule has 0 saturated carbocycles. The second-order valence-corrected chi connectivity index (χ2v) is 7.50. The number of hydrogen-bond donors (Lipinski definition) is 2. The van der Waals surface area contributed by atoms with Gasteiger partial charge in [0.2, 0.25) is 0 Å². The summed E-state index contributed by atoms with van der Waals surface area (Å²) in [7, 11) is -4.17. The molecular weight excluding hydrogens is 394 g/mol. The Labute approximate surface area is 161 Å². The lowest BCUT2D eigenvalue weighted by molar-refractivity contribution is -0.153. The van der Waals surface area contributed by atoms with Gasteiger partial charge in [-0.25, -0.2) is 9.59 Å². The number of rotatable bonds is 5. The van der Waals surface area contributed by atoms with Gasteiger partial charge in [-0.2, -0.15) is 8.42 Å². The van der Waals surface area contributed by atoms with Gasteiger partial charge in [0.25, 0.3) is 0 Å². The lowest BCUT2D eigenvalue weighted by Gasteiger charge is -2.32. The molecule has 1 unspecified atom stereocenters. The summed E-state index contributed by atoms with van der Waals surface area (Å²) in [5.74, 6) is -3.36. The fraction of sp³-hybridized carbons (Fsp3) is 0.375. The van der Waals surface area contributed by atoms with Gasteiger partial charge in [0.05, 0.1) is 6.26 Å². The third kappa shape index (κ3) is 4.97. The number of carbonyl (C=O) groups excluding carboxylic acids is 4. The number of likely N-dealkylation sites (N-methyl/N-ethyl adjacent to an activating group) is 1. The molecule has 2 rings (SSSR count). The second-order valence-electron chi connectivity index (χ2n) is 5.92. The van der Waals surface area contributed by atoms with Crippen molar-refractivity contribution in [3.63, 3.8) is 0 Å². The summed E-state index contributed by atoms with van der Waals surface area (Å²) in [4.78, 5) is 50.7. The Bertz CT molecular complexity index is 897. The monoisotopic (exact) mass is 413 g/mol. The number of nitrogens with one attached hydrogen (secondary N) is 1. The van der Waals surface area contributed by atoms with Crippen molar-refractivity contribution in [3.05, 3.63) is 29.8 Å². The van der Waals surface area contributed by atoms with Gasteiger partial charge in [-0.15, -0.1) is 0 Å². The Kier molecular flexibility index (Phi) is 6.23. The summed E-state index contributed by atoms with van der Waals surface area (Å²) in [6, 6.07) is 2.33. The van der Waals surface area contributed by atoms with Crippen molar-refractivity contribution >= 4 is 33.9 Å². The average Bonchev–Trinajstić information content (AvgIpc) is 2.61. The highest BCUT2D eigenvalue weighted by atomic mass is 32.2. The minimum atomic E-state index is -4.17. The highest BCUT2D eigenvalue weighted by Gasteiger charge is 2.37. The highest BCUT2D eigenvalue weighted by molar-refractivity contribution is 7.86. The number of nitrogens with zero attached hydrogens (tertiary/aromatic N) is 2. The minimum Gasteiger partial charge on any atom is -0.508 e. The van der Waals surface area contributed by atoms with Gasteiger partial charge in [0, 0.05) is 19.6 Å². The molecule has 1 atom stereocenters. The molecule has 0 bridgehead atoms. The van der Waals surface area contributed by atoms with Gasteiger partial charge in [-0.05, 0) is 24.6 Å². The molecular formula is C16H19N3O8S. The average molecular weight is 413 g/mol. The standard InChI is InChI=1S/C16H19N3O8S/c1-3-18-8-9-19(14(22)13(18)21)16(24)17-12(15(23)27-28(2,25)26)10-4-6-11(20)7-5-10/h4-7,12,20H,3,8-9H2,1-2H3,(H,17,24). The number of imide groups is 1. The third-order valence-corrected chi connectivity index (χ3v) is 4.37. The van der Waals surface area contributed by atoms with Gasteiger partial charge in [0.1, 0.15) is 5.75 Å². The first kappa shape index (κ1) is 21.2. The smallest absolute Gasteiger partial charge is 0.349 e. The second kappa shape index (κ2) is 8.25. The maximum Gasteiger partial charge on any atom is 0.349 e. The number of phenols is 1. The normalized spacial score (nSPS) is 15.9. The van der Waals surface area contributed by atoms with Crippen molar-refractivity contribution < 1.29 is 36.9 Å². The van der Waals surface area contributed by atoms with E-state index in [0.29, 0.717) is 17.7 Å². The summed E-state index contributed by atoms with van der Waals surface area (Å²) in [5, 5.41) is 11.6. The van der Waals surface area contributed by atoms with Crippen LogP contribution in [0.2, 0.25) is 0 Å². The molecule has 4 amide bonds. The number of aromatic hydroxyl groups is 1. The van der Waals surface area contributed by atoms with Crippen LogP contribution < -0.4 is 5.32 Å². The van der Waals surface area contributed by atoms with E-state index in [1.54, 1.807) is 6.92 Å². The van der Waals surface area contributed by atoms with E-state index in [2.05, 4.69) is 9.50 Å². The summed E-state index contributed by atoms with van der Waals surface area (Å²) in [6.45, 7) is 2.03. The summed E-state index contributed by atoms with van der Waals surface area (Å²) >= 11 is 0. The molecule has 12 heteroatoms. The Morgan fingerprint density at radius 2 is 1.79 bits per heavy atom. The van der Waals surface area contributed by atoms with Crippen molar-refractivity contribution in [2.45, 2.75) is 13.0 Å². The molecule has 1 aromatic carbocycles. The van der Waals surface area contributed by atoms with Gasteiger partial charge in [-0.3, -0.25) is 14.5 Å². The molecule has 1 fully saturated rings. The molecule has 0 aromatic heterocycles. The van der Waals surface area contributed by atoms with Gasteiger partial charge >= 0.3 is 33.9 Å². The van der Waals surface area contributed by atoms with Crippen LogP contribution in [0.3, 0.4) is 0 Å². The summed E-state index contributed by atoms with van der Waals surface area (Å²) in [5.41, 5.74) is 0.103. The molecule has 28 heavy (non-hydrogen) atoms. The maximum absolute atomic E-state index is 12.5. The minimum absolute atomic E-state index is 0.0896.